The topological polar surface area (TPSA) is 158 Å². The molecular weight excluding hydrogens is 989 g/mol. The largest absolute Gasteiger partial charge is 0.491 e. The Hall–Kier alpha value is -6.00. The molecule has 0 amide bonds. The van der Waals surface area contributed by atoms with Gasteiger partial charge in [0.15, 0.2) is 0 Å². The Balaban J connectivity index is 1.10. The van der Waals surface area contributed by atoms with Gasteiger partial charge in [-0.05, 0) is 85.3 Å². The number of fused-ring (bicyclic) bond motifs is 4. The molecule has 0 spiro atoms. The summed E-state index contributed by atoms with van der Waals surface area (Å²) in [6.45, 7) is 12.0. The van der Waals surface area contributed by atoms with Gasteiger partial charge in [0, 0.05) is 45.9 Å². The number of hydrogen-bond donors (Lipinski definition) is 2. The van der Waals surface area contributed by atoms with Crippen molar-refractivity contribution >= 4 is 55.6 Å². The molecule has 420 valence electrons. The molecule has 10 rings (SSSR count). The first-order chi connectivity index (χ1) is 38.5. The molecular formula is C64H82N2O12. The predicted molar refractivity (Wildman–Crippen MR) is 308 cm³/mol. The summed E-state index contributed by atoms with van der Waals surface area (Å²) < 4.78 is 58.4. The molecule has 2 N–H and O–H groups in total. The number of ether oxygens (including phenoxy) is 10. The molecule has 0 saturated heterocycles. The van der Waals surface area contributed by atoms with E-state index in [0.717, 1.165) is 117 Å². The zero-order valence-corrected chi connectivity index (χ0v) is 46.2. The van der Waals surface area contributed by atoms with E-state index in [4.69, 9.17) is 47.4 Å². The molecule has 0 fully saturated rings. The Labute approximate surface area is 460 Å². The van der Waals surface area contributed by atoms with E-state index in [0.29, 0.717) is 128 Å². The number of benzene rings is 5. The van der Waals surface area contributed by atoms with Crippen molar-refractivity contribution in [1.82, 2.24) is 9.97 Å². The average molecular weight is 1070 g/mol. The standard InChI is InChI=1S/C64H82N2O12/c1-3-5-7-9-11-13-29-77-63(67)49-43-55-47-17-21-51(22-18-47)75-41-39-73-37-35-71-33-31-69-27-15-16-28-70-32-34-72-36-38-74-40-42-76-52-23-19-48(20-24-52)56-44-50(64(68)78-30-14-12-10-8-6-4-2)46-58-54-26-25-53-57(45-49)59(55)65-61(53)62(54)66-60(56)58/h17-26,43-46,65-66H,3-16,27-42H2,1-2H3. The van der Waals surface area contributed by atoms with Crippen molar-refractivity contribution in [2.45, 2.75) is 104 Å². The lowest BCUT2D eigenvalue weighted by Gasteiger charge is -2.11. The molecule has 3 aliphatic rings. The molecule has 0 radical (unpaired) electrons. The molecule has 5 aromatic carbocycles. The van der Waals surface area contributed by atoms with Crippen LogP contribution in [0.3, 0.4) is 0 Å². The number of nitrogens with one attached hydrogen (secondary N) is 2. The molecule has 0 unspecified atom stereocenters. The molecule has 8 bridgehead atoms. The number of rotatable bonds is 16. The van der Waals surface area contributed by atoms with Crippen LogP contribution >= 0.6 is 0 Å². The minimum atomic E-state index is -0.352. The molecule has 0 aliphatic carbocycles. The van der Waals surface area contributed by atoms with Crippen LogP contribution in [-0.4, -0.2) is 128 Å². The van der Waals surface area contributed by atoms with Crippen molar-refractivity contribution in [1.29, 1.82) is 0 Å². The van der Waals surface area contributed by atoms with Gasteiger partial charge in [-0.25, -0.2) is 9.59 Å². The van der Waals surface area contributed by atoms with E-state index in [2.05, 4.69) is 35.9 Å². The van der Waals surface area contributed by atoms with Gasteiger partial charge in [-0.3, -0.25) is 0 Å². The molecule has 5 heterocycles. The normalized spacial score (nSPS) is 15.5. The van der Waals surface area contributed by atoms with Gasteiger partial charge in [0.25, 0.3) is 0 Å². The van der Waals surface area contributed by atoms with Crippen LogP contribution in [0.5, 0.6) is 11.5 Å². The second-order valence-corrected chi connectivity index (χ2v) is 20.0. The van der Waals surface area contributed by atoms with Crippen molar-refractivity contribution in [3.05, 3.63) is 96.1 Å². The Morgan fingerprint density at radius 3 is 1.12 bits per heavy atom. The first-order valence-corrected chi connectivity index (χ1v) is 28.9. The monoisotopic (exact) mass is 1070 g/mol. The summed E-state index contributed by atoms with van der Waals surface area (Å²) in [4.78, 5) is 35.5. The zero-order valence-electron chi connectivity index (χ0n) is 46.2. The third-order valence-electron chi connectivity index (χ3n) is 14.1. The maximum atomic E-state index is 13.9. The lowest BCUT2D eigenvalue weighted by atomic mass is 9.97. The van der Waals surface area contributed by atoms with Crippen LogP contribution in [0.15, 0.2) is 84.9 Å². The lowest BCUT2D eigenvalue weighted by molar-refractivity contribution is 0.00307. The molecule has 78 heavy (non-hydrogen) atoms. The van der Waals surface area contributed by atoms with Gasteiger partial charge in [0.1, 0.15) is 24.7 Å². The van der Waals surface area contributed by atoms with Gasteiger partial charge in [0.05, 0.1) is 112 Å². The summed E-state index contributed by atoms with van der Waals surface area (Å²) in [6.07, 6.45) is 15.0. The molecule has 2 aromatic heterocycles. The van der Waals surface area contributed by atoms with Crippen LogP contribution in [0.2, 0.25) is 0 Å². The van der Waals surface area contributed by atoms with Gasteiger partial charge in [0.2, 0.25) is 0 Å². The Morgan fingerprint density at radius 1 is 0.385 bits per heavy atom. The van der Waals surface area contributed by atoms with E-state index >= 15 is 0 Å². The number of aromatic amines is 2. The van der Waals surface area contributed by atoms with Crippen LogP contribution in [0.1, 0.15) is 124 Å². The highest BCUT2D eigenvalue weighted by Crippen LogP contribution is 2.42. The molecule has 3 aliphatic heterocycles. The smallest absolute Gasteiger partial charge is 0.338 e. The SMILES string of the molecule is CCCCCCCCOC(=O)c1cc2c3[nH]c4c(ccc5c6cc(C(=O)OCCCCCCCC)cc(c6[nH]c54)-c4ccc(cc4)OCCOCCOCCOCCCCOCCOCCOCCOc4ccc-2cc4)c3c1. The van der Waals surface area contributed by atoms with Gasteiger partial charge >= 0.3 is 11.9 Å². The summed E-state index contributed by atoms with van der Waals surface area (Å²) in [7, 11) is 0. The molecule has 0 saturated carbocycles. The van der Waals surface area contributed by atoms with E-state index in [-0.39, 0.29) is 11.9 Å². The van der Waals surface area contributed by atoms with Crippen molar-refractivity contribution < 1.29 is 57.0 Å². The third kappa shape index (κ3) is 17.0. The van der Waals surface area contributed by atoms with E-state index in [1.165, 1.54) is 38.5 Å². The Bertz CT molecular complexity index is 2710. The lowest BCUT2D eigenvalue weighted by Crippen LogP contribution is -2.13. The van der Waals surface area contributed by atoms with E-state index in [1.54, 1.807) is 0 Å². The van der Waals surface area contributed by atoms with Crippen molar-refractivity contribution in [3.8, 4) is 33.8 Å². The van der Waals surface area contributed by atoms with Gasteiger partial charge < -0.3 is 57.3 Å². The molecule has 0 atom stereocenters. The van der Waals surface area contributed by atoms with E-state index in [1.807, 2.05) is 72.8 Å². The average Bonchev–Trinajstić information content (AvgIpc) is 4.28. The number of hydrogen-bond acceptors (Lipinski definition) is 12. The minimum Gasteiger partial charge on any atom is -0.491 e. The van der Waals surface area contributed by atoms with Crippen LogP contribution in [0.25, 0.3) is 65.9 Å². The first-order valence-electron chi connectivity index (χ1n) is 28.9. The maximum absolute atomic E-state index is 13.9. The summed E-state index contributed by atoms with van der Waals surface area (Å²) in [5, 5.41) is 3.67. The fourth-order valence-electron chi connectivity index (χ4n) is 9.88. The minimum absolute atomic E-state index is 0.352. The van der Waals surface area contributed by atoms with Crippen molar-refractivity contribution in [3.63, 3.8) is 0 Å². The van der Waals surface area contributed by atoms with Gasteiger partial charge in [-0.2, -0.15) is 0 Å². The third-order valence-corrected chi connectivity index (χ3v) is 14.1. The molecule has 7 aromatic rings. The zero-order chi connectivity index (χ0) is 54.0. The number of carbonyl (C=O) groups excluding carboxylic acids is 2. The van der Waals surface area contributed by atoms with Gasteiger partial charge in [-0.1, -0.05) is 114 Å². The molecule has 14 nitrogen and oxygen atoms in total. The highest BCUT2D eigenvalue weighted by atomic mass is 16.6. The predicted octanol–water partition coefficient (Wildman–Crippen LogP) is 14.0. The number of carbonyl (C=O) groups is 2. The second kappa shape index (κ2) is 32.2. The number of H-pyrrole nitrogens is 2. The Morgan fingerprint density at radius 2 is 0.731 bits per heavy atom. The van der Waals surface area contributed by atoms with Crippen LogP contribution < -0.4 is 9.47 Å². The fraction of sp³-hybridized carbons (Fsp3) is 0.500. The number of aromatic nitrogens is 2. The van der Waals surface area contributed by atoms with Crippen LogP contribution in [0, 0.1) is 0 Å². The van der Waals surface area contributed by atoms with Crippen LogP contribution in [-0.2, 0) is 37.9 Å². The second-order valence-electron chi connectivity index (χ2n) is 20.0. The summed E-state index contributed by atoms with van der Waals surface area (Å²) >= 11 is 0. The highest BCUT2D eigenvalue weighted by molar-refractivity contribution is 6.25. The molecule has 14 heteroatoms. The number of esters is 2. The highest BCUT2D eigenvalue weighted by Gasteiger charge is 2.22. The van der Waals surface area contributed by atoms with E-state index < -0.39 is 0 Å². The number of unbranched alkanes of at least 4 members (excludes halogenated alkanes) is 10. The van der Waals surface area contributed by atoms with Crippen molar-refractivity contribution in [2.24, 2.45) is 0 Å². The summed E-state index contributed by atoms with van der Waals surface area (Å²) in [6, 6.07) is 27.8. The van der Waals surface area contributed by atoms with Crippen LogP contribution in [0.4, 0.5) is 0 Å². The summed E-state index contributed by atoms with van der Waals surface area (Å²) in [5.41, 5.74) is 7.99. The van der Waals surface area contributed by atoms with Crippen molar-refractivity contribution in [2.75, 3.05) is 106 Å². The Kier molecular flexibility index (Phi) is 24.0. The maximum Gasteiger partial charge on any atom is 0.338 e. The summed E-state index contributed by atoms with van der Waals surface area (Å²) in [5.74, 6) is 0.706. The quantitative estimate of drug-likeness (QED) is 0.0698. The van der Waals surface area contributed by atoms with E-state index in [9.17, 15) is 9.59 Å². The fourth-order valence-corrected chi connectivity index (χ4v) is 9.88. The first kappa shape index (κ1) is 58.2. The van der Waals surface area contributed by atoms with Gasteiger partial charge in [-0.15, -0.1) is 0 Å².